The molecule has 0 saturated carbocycles. The second kappa shape index (κ2) is 7.97. The number of allylic oxidation sites excluding steroid dienone is 4. The van der Waals surface area contributed by atoms with Crippen LogP contribution in [0.1, 0.15) is 33.7 Å². The van der Waals surface area contributed by atoms with Gasteiger partial charge in [-0.25, -0.2) is 0 Å². The van der Waals surface area contributed by atoms with Crippen molar-refractivity contribution in [1.29, 1.82) is 0 Å². The largest absolute Gasteiger partial charge is 3.00 e. The number of benzene rings is 2. The van der Waals surface area contributed by atoms with Crippen molar-refractivity contribution in [2.45, 2.75) is 26.2 Å². The summed E-state index contributed by atoms with van der Waals surface area (Å²) in [5, 5.41) is 0. The van der Waals surface area contributed by atoms with Gasteiger partial charge in [-0.2, -0.15) is 11.6 Å². The van der Waals surface area contributed by atoms with Crippen LogP contribution in [0, 0.1) is 19.9 Å². The van der Waals surface area contributed by atoms with E-state index in [1.165, 1.54) is 38.9 Å². The second-order valence-electron chi connectivity index (χ2n) is 5.77. The van der Waals surface area contributed by atoms with Gasteiger partial charge in [0.1, 0.15) is 0 Å². The minimum Gasteiger partial charge on any atom is -1.00 e. The first-order chi connectivity index (χ1) is 9.75. The molecule has 2 aromatic carbocycles. The van der Waals surface area contributed by atoms with Gasteiger partial charge < -0.3 is 24.8 Å². The van der Waals surface area contributed by atoms with Gasteiger partial charge in [0.05, 0.1) is 0 Å². The van der Waals surface area contributed by atoms with Gasteiger partial charge >= 0.3 is 26.2 Å². The summed E-state index contributed by atoms with van der Waals surface area (Å²) in [7, 11) is 0. The average Bonchev–Trinajstić information content (AvgIpc) is 3.09. The third-order valence-electron chi connectivity index (χ3n) is 4.66. The van der Waals surface area contributed by atoms with E-state index in [1.807, 2.05) is 0 Å². The zero-order chi connectivity index (χ0) is 13.7. The fourth-order valence-corrected chi connectivity index (χ4v) is 3.50. The normalized spacial score (nSPS) is 13.7. The van der Waals surface area contributed by atoms with E-state index in [2.05, 4.69) is 68.5 Å². The van der Waals surface area contributed by atoms with Crippen LogP contribution in [-0.4, -0.2) is 0 Å². The Hall–Kier alpha value is -0.617. The van der Waals surface area contributed by atoms with Gasteiger partial charge in [-0.15, -0.1) is 22.3 Å². The van der Waals surface area contributed by atoms with Gasteiger partial charge in [-0.3, -0.25) is 0 Å². The summed E-state index contributed by atoms with van der Waals surface area (Å²) in [5.74, 6) is 0.405. The molecule has 0 bridgehead atoms. The molecule has 1 radical (unpaired) electrons. The molecule has 2 aromatic rings. The molecule has 2 aliphatic carbocycles. The minimum atomic E-state index is 0. The Balaban J connectivity index is 0.000000882. The smallest absolute Gasteiger partial charge is 1.00 e. The van der Waals surface area contributed by atoms with Crippen molar-refractivity contribution in [1.82, 2.24) is 0 Å². The van der Waals surface area contributed by atoms with E-state index in [-0.39, 0.29) is 51.0 Å². The molecule has 0 heterocycles. The zero-order valence-electron chi connectivity index (χ0n) is 13.2. The molecule has 3 heteroatoms. The summed E-state index contributed by atoms with van der Waals surface area (Å²) >= 11 is 0. The average molecular weight is 419 g/mol. The van der Waals surface area contributed by atoms with E-state index >= 15 is 0 Å². The Morgan fingerprint density at radius 3 is 2.30 bits per heavy atom. The van der Waals surface area contributed by atoms with Gasteiger partial charge in [0, 0.05) is 0 Å². The first-order valence-corrected chi connectivity index (χ1v) is 7.24. The van der Waals surface area contributed by atoms with E-state index < -0.39 is 0 Å². The Labute approximate surface area is 170 Å². The van der Waals surface area contributed by atoms with E-state index in [9.17, 15) is 0 Å². The van der Waals surface area contributed by atoms with Crippen molar-refractivity contribution in [2.24, 2.45) is 0 Å². The van der Waals surface area contributed by atoms with Crippen LogP contribution in [0.25, 0.3) is 11.1 Å². The van der Waals surface area contributed by atoms with Crippen molar-refractivity contribution in [3.05, 3.63) is 82.5 Å². The Kier molecular flexibility index (Phi) is 7.08. The molecule has 0 fully saturated rings. The van der Waals surface area contributed by atoms with Crippen LogP contribution in [0.2, 0.25) is 0 Å². The third-order valence-corrected chi connectivity index (χ3v) is 4.66. The second-order valence-corrected chi connectivity index (χ2v) is 5.77. The molecule has 2 aliphatic rings. The van der Waals surface area contributed by atoms with Crippen LogP contribution in [0.4, 0.5) is 0 Å². The van der Waals surface area contributed by atoms with Gasteiger partial charge in [0.25, 0.3) is 0 Å². The van der Waals surface area contributed by atoms with E-state index in [4.69, 9.17) is 0 Å². The van der Waals surface area contributed by atoms with Crippen LogP contribution in [0.5, 0.6) is 0 Å². The number of hydrogen-bond donors (Lipinski definition) is 0. The van der Waals surface area contributed by atoms with Crippen LogP contribution >= 0.6 is 0 Å². The van der Waals surface area contributed by atoms with Crippen molar-refractivity contribution >= 4 is 0 Å². The summed E-state index contributed by atoms with van der Waals surface area (Å²) in [5.41, 5.74) is 9.80. The number of halogens is 2. The molecule has 0 amide bonds. The molecule has 4 rings (SSSR count). The van der Waals surface area contributed by atoms with Gasteiger partial charge in [0.15, 0.2) is 0 Å². The molecule has 0 aliphatic heterocycles. The van der Waals surface area contributed by atoms with E-state index in [1.54, 1.807) is 0 Å². The SMILES string of the molecule is Cc1c(C2C=CC=C2)[c-]c2c(c1C)-c1ccccc1C2.[Cl-].[Cl-].[Zr+3]. The first kappa shape index (κ1) is 20.4. The van der Waals surface area contributed by atoms with Crippen LogP contribution < -0.4 is 24.8 Å². The molecular weight excluding hydrogens is 402 g/mol. The van der Waals surface area contributed by atoms with Crippen molar-refractivity contribution < 1.29 is 51.0 Å². The number of rotatable bonds is 1. The van der Waals surface area contributed by atoms with Gasteiger partial charge in [-0.05, 0) is 12.3 Å². The molecule has 0 saturated heterocycles. The summed E-state index contributed by atoms with van der Waals surface area (Å²) in [6.45, 7) is 4.50. The van der Waals surface area contributed by atoms with Gasteiger partial charge in [0.2, 0.25) is 0 Å². The molecule has 0 nitrogen and oxygen atoms in total. The molecular formula is C20H17Cl2Zr. The van der Waals surface area contributed by atoms with Crippen LogP contribution in [0.15, 0.2) is 48.6 Å². The molecule has 115 valence electrons. The van der Waals surface area contributed by atoms with Crippen LogP contribution in [-0.2, 0) is 32.6 Å². The minimum absolute atomic E-state index is 0. The standard InChI is InChI=1S/C20H17.2ClH.Zr/c1-13-14(2)20-17(11-16-9-5-6-10-18(16)20)12-19(13)15-7-3-4-8-15;;;/h3-10,15H,11H2,1-2H3;2*1H;/q-1;;;+3/p-2. The molecule has 0 atom stereocenters. The van der Waals surface area contributed by atoms with Crippen LogP contribution in [0.3, 0.4) is 0 Å². The maximum Gasteiger partial charge on any atom is 3.00 e. The Bertz CT molecular complexity index is 763. The monoisotopic (exact) mass is 417 g/mol. The fourth-order valence-electron chi connectivity index (χ4n) is 3.50. The number of fused-ring (bicyclic) bond motifs is 3. The summed E-state index contributed by atoms with van der Waals surface area (Å²) in [4.78, 5) is 0. The molecule has 0 N–H and O–H groups in total. The summed E-state index contributed by atoms with van der Waals surface area (Å²) in [6, 6.07) is 12.5. The topological polar surface area (TPSA) is 0 Å². The predicted molar refractivity (Wildman–Crippen MR) is 84.0 cm³/mol. The van der Waals surface area contributed by atoms with E-state index in [0.717, 1.165) is 6.42 Å². The first-order valence-electron chi connectivity index (χ1n) is 7.24. The third kappa shape index (κ3) is 3.29. The molecule has 0 aromatic heterocycles. The maximum atomic E-state index is 3.72. The summed E-state index contributed by atoms with van der Waals surface area (Å²) < 4.78 is 0. The van der Waals surface area contributed by atoms with Crippen molar-refractivity contribution in [2.75, 3.05) is 0 Å². The van der Waals surface area contributed by atoms with Gasteiger partial charge in [-0.1, -0.05) is 73.5 Å². The van der Waals surface area contributed by atoms with E-state index in [0.29, 0.717) is 5.92 Å². The maximum absolute atomic E-state index is 3.72. The van der Waals surface area contributed by atoms with Crippen molar-refractivity contribution in [3.8, 4) is 11.1 Å². The predicted octanol–water partition coefficient (Wildman–Crippen LogP) is -1.11. The Morgan fingerprint density at radius 1 is 0.957 bits per heavy atom. The number of hydrogen-bond acceptors (Lipinski definition) is 0. The Morgan fingerprint density at radius 2 is 1.61 bits per heavy atom. The zero-order valence-corrected chi connectivity index (χ0v) is 17.1. The van der Waals surface area contributed by atoms with Crippen molar-refractivity contribution in [3.63, 3.8) is 0 Å². The molecule has 0 unspecified atom stereocenters. The molecule has 0 spiro atoms. The molecule has 23 heavy (non-hydrogen) atoms. The summed E-state index contributed by atoms with van der Waals surface area (Å²) in [6.07, 6.45) is 9.81. The fraction of sp³-hybridized carbons (Fsp3) is 0.200. The quantitative estimate of drug-likeness (QED) is 0.439.